The zero-order valence-electron chi connectivity index (χ0n) is 13.5. The van der Waals surface area contributed by atoms with Gasteiger partial charge in [-0.05, 0) is 25.8 Å². The highest BCUT2D eigenvalue weighted by molar-refractivity contribution is 7.07. The van der Waals surface area contributed by atoms with E-state index in [2.05, 4.69) is 31.0 Å². The van der Waals surface area contributed by atoms with Crippen LogP contribution in [0.2, 0.25) is 0 Å². The number of ether oxygens (including phenoxy) is 1. The Hall–Kier alpha value is -1.72. The fourth-order valence-electron chi connectivity index (χ4n) is 3.23. The monoisotopic (exact) mass is 330 g/mol. The summed E-state index contributed by atoms with van der Waals surface area (Å²) in [5, 5.41) is 2.01. The van der Waals surface area contributed by atoms with Gasteiger partial charge in [0.25, 0.3) is 0 Å². The van der Waals surface area contributed by atoms with E-state index < -0.39 is 0 Å². The van der Waals surface area contributed by atoms with Crippen LogP contribution in [0.15, 0.2) is 41.2 Å². The molecule has 3 atom stereocenters. The summed E-state index contributed by atoms with van der Waals surface area (Å²) in [5.41, 5.74) is 3.94. The molecular formula is C18H22N2O2S. The van der Waals surface area contributed by atoms with Crippen LogP contribution >= 0.6 is 11.3 Å². The van der Waals surface area contributed by atoms with E-state index in [1.54, 1.807) is 11.3 Å². The number of hydrogen-bond acceptors (Lipinski definition) is 4. The number of thiazole rings is 1. The molecule has 2 heterocycles. The summed E-state index contributed by atoms with van der Waals surface area (Å²) >= 11 is 1.57. The molecule has 0 radical (unpaired) electrons. The van der Waals surface area contributed by atoms with Gasteiger partial charge in [-0.3, -0.25) is 4.79 Å². The van der Waals surface area contributed by atoms with Gasteiger partial charge in [-0.15, -0.1) is 11.3 Å². The number of morpholine rings is 1. The molecule has 1 saturated heterocycles. The Labute approximate surface area is 141 Å². The second kappa shape index (κ2) is 7.23. The summed E-state index contributed by atoms with van der Waals surface area (Å²) in [7, 11) is 0. The zero-order valence-corrected chi connectivity index (χ0v) is 14.3. The first-order valence-corrected chi connectivity index (χ1v) is 8.96. The van der Waals surface area contributed by atoms with E-state index in [9.17, 15) is 4.79 Å². The van der Waals surface area contributed by atoms with Gasteiger partial charge >= 0.3 is 0 Å². The minimum Gasteiger partial charge on any atom is -0.369 e. The molecule has 0 unspecified atom stereocenters. The van der Waals surface area contributed by atoms with Crippen molar-refractivity contribution in [3.63, 3.8) is 0 Å². The normalized spacial score (nSPS) is 24.6. The molecular weight excluding hydrogens is 308 g/mol. The summed E-state index contributed by atoms with van der Waals surface area (Å²) in [6, 6.07) is 10.3. The first kappa shape index (κ1) is 16.1. The van der Waals surface area contributed by atoms with Gasteiger partial charge in [0.15, 0.2) is 0 Å². The number of aromatic nitrogens is 1. The van der Waals surface area contributed by atoms with Crippen molar-refractivity contribution in [2.24, 2.45) is 0 Å². The molecule has 1 aromatic carbocycles. The molecule has 1 fully saturated rings. The standard InChI is InChI=1S/C18H22N2O2S/c1-13-10-22-18(15-6-4-3-5-7-15)14(2)20(13)17(21)9-8-16-11-23-12-19-16/h3-7,11-14,18H,8-10H2,1-2H3/t13-,14+,18-/m1/s1. The number of aryl methyl sites for hydroxylation is 1. The smallest absolute Gasteiger partial charge is 0.223 e. The molecule has 0 aliphatic carbocycles. The Morgan fingerprint density at radius 3 is 2.83 bits per heavy atom. The number of carbonyl (C=O) groups excluding carboxylic acids is 1. The third-order valence-corrected chi connectivity index (χ3v) is 5.00. The number of hydrogen-bond donors (Lipinski definition) is 0. The maximum absolute atomic E-state index is 12.7. The third kappa shape index (κ3) is 3.62. The predicted molar refractivity (Wildman–Crippen MR) is 91.3 cm³/mol. The SMILES string of the molecule is C[C@@H]1CO[C@@H](c2ccccc2)[C@H](C)N1C(=O)CCc1cscn1. The predicted octanol–water partition coefficient (Wildman–Crippen LogP) is 3.45. The van der Waals surface area contributed by atoms with Crippen molar-refractivity contribution in [1.82, 2.24) is 9.88 Å². The lowest BCUT2D eigenvalue weighted by atomic mass is 9.98. The van der Waals surface area contributed by atoms with Crippen LogP contribution in [0.25, 0.3) is 0 Å². The van der Waals surface area contributed by atoms with E-state index in [4.69, 9.17) is 4.74 Å². The Kier molecular flexibility index (Phi) is 5.08. The Balaban J connectivity index is 1.70. The van der Waals surface area contributed by atoms with Crippen molar-refractivity contribution >= 4 is 17.2 Å². The maximum Gasteiger partial charge on any atom is 0.223 e. The number of amides is 1. The van der Waals surface area contributed by atoms with Crippen LogP contribution in [-0.2, 0) is 16.0 Å². The molecule has 23 heavy (non-hydrogen) atoms. The largest absolute Gasteiger partial charge is 0.369 e. The molecule has 2 aromatic rings. The molecule has 5 heteroatoms. The van der Waals surface area contributed by atoms with Gasteiger partial charge < -0.3 is 9.64 Å². The van der Waals surface area contributed by atoms with Crippen molar-refractivity contribution < 1.29 is 9.53 Å². The summed E-state index contributed by atoms with van der Waals surface area (Å²) < 4.78 is 6.01. The molecule has 122 valence electrons. The van der Waals surface area contributed by atoms with Crippen LogP contribution in [0.4, 0.5) is 0 Å². The summed E-state index contributed by atoms with van der Waals surface area (Å²) in [5.74, 6) is 0.183. The molecule has 0 bridgehead atoms. The fourth-order valence-corrected chi connectivity index (χ4v) is 3.82. The molecule has 1 amide bonds. The topological polar surface area (TPSA) is 42.4 Å². The van der Waals surface area contributed by atoms with Crippen LogP contribution in [-0.4, -0.2) is 34.5 Å². The lowest BCUT2D eigenvalue weighted by Crippen LogP contribution is -2.53. The van der Waals surface area contributed by atoms with Gasteiger partial charge in [-0.1, -0.05) is 30.3 Å². The molecule has 0 N–H and O–H groups in total. The van der Waals surface area contributed by atoms with E-state index in [0.717, 1.165) is 11.3 Å². The van der Waals surface area contributed by atoms with Crippen LogP contribution in [0.1, 0.15) is 37.6 Å². The molecule has 1 aliphatic heterocycles. The van der Waals surface area contributed by atoms with Gasteiger partial charge in [0.1, 0.15) is 6.10 Å². The highest BCUT2D eigenvalue weighted by Gasteiger charge is 2.36. The molecule has 0 spiro atoms. The lowest BCUT2D eigenvalue weighted by Gasteiger charge is -2.44. The minimum atomic E-state index is -0.0596. The van der Waals surface area contributed by atoms with Crippen molar-refractivity contribution in [2.45, 2.75) is 44.9 Å². The van der Waals surface area contributed by atoms with Gasteiger partial charge in [0, 0.05) is 11.8 Å². The number of rotatable bonds is 4. The van der Waals surface area contributed by atoms with Crippen molar-refractivity contribution in [3.05, 3.63) is 52.5 Å². The Morgan fingerprint density at radius 1 is 1.35 bits per heavy atom. The lowest BCUT2D eigenvalue weighted by molar-refractivity contribution is -0.153. The highest BCUT2D eigenvalue weighted by Crippen LogP contribution is 2.31. The van der Waals surface area contributed by atoms with E-state index in [1.165, 1.54) is 0 Å². The quantitative estimate of drug-likeness (QED) is 0.862. The summed E-state index contributed by atoms with van der Waals surface area (Å²) in [4.78, 5) is 19.0. The van der Waals surface area contributed by atoms with Gasteiger partial charge in [0.2, 0.25) is 5.91 Å². The van der Waals surface area contributed by atoms with E-state index in [-0.39, 0.29) is 24.1 Å². The first-order valence-electron chi connectivity index (χ1n) is 8.01. The highest BCUT2D eigenvalue weighted by atomic mass is 32.1. The number of carbonyl (C=O) groups is 1. The van der Waals surface area contributed by atoms with E-state index in [0.29, 0.717) is 19.4 Å². The van der Waals surface area contributed by atoms with Crippen LogP contribution < -0.4 is 0 Å². The molecule has 4 nitrogen and oxygen atoms in total. The van der Waals surface area contributed by atoms with Crippen molar-refractivity contribution in [2.75, 3.05) is 6.61 Å². The molecule has 3 rings (SSSR count). The summed E-state index contributed by atoms with van der Waals surface area (Å²) in [6.07, 6.45) is 1.14. The van der Waals surface area contributed by atoms with Crippen LogP contribution in [0, 0.1) is 0 Å². The first-order chi connectivity index (χ1) is 11.2. The Morgan fingerprint density at radius 2 is 2.13 bits per heavy atom. The fraction of sp³-hybridized carbons (Fsp3) is 0.444. The third-order valence-electron chi connectivity index (χ3n) is 4.36. The average Bonchev–Trinajstić information content (AvgIpc) is 3.07. The van der Waals surface area contributed by atoms with Gasteiger partial charge in [-0.2, -0.15) is 0 Å². The second-order valence-corrected chi connectivity index (χ2v) is 6.75. The van der Waals surface area contributed by atoms with Crippen molar-refractivity contribution in [1.29, 1.82) is 0 Å². The maximum atomic E-state index is 12.7. The zero-order chi connectivity index (χ0) is 16.2. The molecule has 0 saturated carbocycles. The summed E-state index contributed by atoms with van der Waals surface area (Å²) in [6.45, 7) is 4.71. The number of nitrogens with zero attached hydrogens (tertiary/aromatic N) is 2. The Bertz CT molecular complexity index is 630. The second-order valence-electron chi connectivity index (χ2n) is 6.04. The van der Waals surface area contributed by atoms with Crippen molar-refractivity contribution in [3.8, 4) is 0 Å². The molecule has 1 aliphatic rings. The van der Waals surface area contributed by atoms with E-state index in [1.807, 2.05) is 34.0 Å². The van der Waals surface area contributed by atoms with Crippen LogP contribution in [0.5, 0.6) is 0 Å². The number of benzene rings is 1. The van der Waals surface area contributed by atoms with Gasteiger partial charge in [0.05, 0.1) is 29.9 Å². The minimum absolute atomic E-state index is 0.0316. The molecule has 1 aromatic heterocycles. The van der Waals surface area contributed by atoms with E-state index >= 15 is 0 Å². The van der Waals surface area contributed by atoms with Crippen LogP contribution in [0.3, 0.4) is 0 Å². The average molecular weight is 330 g/mol. The van der Waals surface area contributed by atoms with Gasteiger partial charge in [-0.25, -0.2) is 4.98 Å².